The average Bonchev–Trinajstić information content (AvgIpc) is 3.02. The number of aryl methyl sites for hydroxylation is 1. The van der Waals surface area contributed by atoms with Crippen LogP contribution in [0.2, 0.25) is 0 Å². The van der Waals surface area contributed by atoms with Crippen molar-refractivity contribution >= 4 is 0 Å². The normalized spacial score (nSPS) is 26.1. The van der Waals surface area contributed by atoms with Crippen LogP contribution in [0.5, 0.6) is 0 Å². The first-order valence-corrected chi connectivity index (χ1v) is 6.87. The first-order chi connectivity index (χ1) is 9.50. The first kappa shape index (κ1) is 13.2. The van der Waals surface area contributed by atoms with E-state index in [0.717, 1.165) is 24.8 Å². The summed E-state index contributed by atoms with van der Waals surface area (Å²) in [4.78, 5) is 4.48. The molecule has 0 aliphatic heterocycles. The van der Waals surface area contributed by atoms with Crippen molar-refractivity contribution in [3.63, 3.8) is 0 Å². The highest BCUT2D eigenvalue weighted by Crippen LogP contribution is 2.39. The molecule has 1 heterocycles. The quantitative estimate of drug-likeness (QED) is 0.915. The molecule has 0 radical (unpaired) electrons. The molecule has 1 aliphatic carbocycles. The van der Waals surface area contributed by atoms with Crippen LogP contribution in [0.25, 0.3) is 11.4 Å². The molecule has 20 heavy (non-hydrogen) atoms. The van der Waals surface area contributed by atoms with E-state index in [2.05, 4.69) is 17.1 Å². The van der Waals surface area contributed by atoms with E-state index in [0.29, 0.717) is 17.3 Å². The minimum Gasteiger partial charge on any atom is -0.338 e. The van der Waals surface area contributed by atoms with Gasteiger partial charge in [0.15, 0.2) is 0 Å². The molecule has 3 rings (SSSR count). The van der Waals surface area contributed by atoms with Crippen molar-refractivity contribution < 1.29 is 8.91 Å². The summed E-state index contributed by atoms with van der Waals surface area (Å²) >= 11 is 0. The predicted octanol–water partition coefficient (Wildman–Crippen LogP) is 2.95. The van der Waals surface area contributed by atoms with Gasteiger partial charge in [-0.2, -0.15) is 4.98 Å². The molecule has 4 nitrogen and oxygen atoms in total. The summed E-state index contributed by atoms with van der Waals surface area (Å²) in [6.45, 7) is 3.78. The van der Waals surface area contributed by atoms with Crippen LogP contribution >= 0.6 is 0 Å². The number of nitrogens with zero attached hydrogens (tertiary/aromatic N) is 2. The van der Waals surface area contributed by atoms with E-state index in [9.17, 15) is 4.39 Å². The third-order valence-electron chi connectivity index (χ3n) is 4.36. The fourth-order valence-corrected chi connectivity index (χ4v) is 2.82. The monoisotopic (exact) mass is 275 g/mol. The number of benzene rings is 1. The number of halogens is 1. The summed E-state index contributed by atoms with van der Waals surface area (Å²) in [7, 11) is 0. The number of rotatable bonds is 2. The van der Waals surface area contributed by atoms with Crippen molar-refractivity contribution in [3.05, 3.63) is 35.5 Å². The Balaban J connectivity index is 1.96. The van der Waals surface area contributed by atoms with Gasteiger partial charge in [-0.05, 0) is 50.5 Å². The third kappa shape index (κ3) is 2.02. The van der Waals surface area contributed by atoms with Gasteiger partial charge in [0.2, 0.25) is 11.7 Å². The molecule has 0 amide bonds. The lowest BCUT2D eigenvalue weighted by Crippen LogP contribution is -2.38. The van der Waals surface area contributed by atoms with Crippen LogP contribution in [-0.2, 0) is 5.41 Å². The molecule has 5 heteroatoms. The van der Waals surface area contributed by atoms with Gasteiger partial charge >= 0.3 is 0 Å². The molecule has 1 fully saturated rings. The Kier molecular flexibility index (Phi) is 3.09. The standard InChI is InChI=1S/C15H18FN3O/c1-9-8-10(5-6-11(9)16)13-18-14(20-19-13)15(2)7-3-4-12(15)17/h5-6,8,12H,3-4,7,17H2,1-2H3. The Morgan fingerprint density at radius 3 is 2.90 bits per heavy atom. The van der Waals surface area contributed by atoms with E-state index in [1.54, 1.807) is 19.1 Å². The van der Waals surface area contributed by atoms with E-state index in [1.807, 2.05) is 0 Å². The second-order valence-electron chi connectivity index (χ2n) is 5.80. The van der Waals surface area contributed by atoms with E-state index < -0.39 is 0 Å². The molecule has 0 bridgehead atoms. The Labute approximate surface area is 117 Å². The Morgan fingerprint density at radius 1 is 1.45 bits per heavy atom. The summed E-state index contributed by atoms with van der Waals surface area (Å²) in [6, 6.07) is 4.85. The lowest BCUT2D eigenvalue weighted by atomic mass is 9.85. The second-order valence-corrected chi connectivity index (χ2v) is 5.80. The maximum absolute atomic E-state index is 13.3. The van der Waals surface area contributed by atoms with Crippen LogP contribution in [0, 0.1) is 12.7 Å². The van der Waals surface area contributed by atoms with Gasteiger partial charge < -0.3 is 10.3 Å². The van der Waals surface area contributed by atoms with Gasteiger partial charge in [-0.1, -0.05) is 11.6 Å². The summed E-state index contributed by atoms with van der Waals surface area (Å²) in [5.74, 6) is 0.838. The Hall–Kier alpha value is -1.75. The van der Waals surface area contributed by atoms with Gasteiger partial charge in [-0.15, -0.1) is 0 Å². The third-order valence-corrected chi connectivity index (χ3v) is 4.36. The fourth-order valence-electron chi connectivity index (χ4n) is 2.82. The summed E-state index contributed by atoms with van der Waals surface area (Å²) < 4.78 is 18.7. The van der Waals surface area contributed by atoms with Gasteiger partial charge in [0.05, 0.1) is 5.41 Å². The topological polar surface area (TPSA) is 64.9 Å². The second kappa shape index (κ2) is 4.66. The molecular formula is C15H18FN3O. The van der Waals surface area contributed by atoms with Gasteiger partial charge in [0.25, 0.3) is 0 Å². The van der Waals surface area contributed by atoms with Crippen LogP contribution in [0.3, 0.4) is 0 Å². The van der Waals surface area contributed by atoms with Crippen LogP contribution < -0.4 is 5.73 Å². The zero-order chi connectivity index (χ0) is 14.3. The highest BCUT2D eigenvalue weighted by Gasteiger charge is 2.42. The largest absolute Gasteiger partial charge is 0.338 e. The minimum atomic E-state index is -0.250. The van der Waals surface area contributed by atoms with E-state index in [-0.39, 0.29) is 17.3 Å². The van der Waals surface area contributed by atoms with Crippen molar-refractivity contribution in [2.24, 2.45) is 5.73 Å². The van der Waals surface area contributed by atoms with Crippen molar-refractivity contribution in [2.45, 2.75) is 44.6 Å². The van der Waals surface area contributed by atoms with Gasteiger partial charge in [0.1, 0.15) is 5.82 Å². The highest BCUT2D eigenvalue weighted by atomic mass is 19.1. The molecule has 1 saturated carbocycles. The minimum absolute atomic E-state index is 0.0470. The molecule has 2 N–H and O–H groups in total. The van der Waals surface area contributed by atoms with Gasteiger partial charge in [0, 0.05) is 11.6 Å². The average molecular weight is 275 g/mol. The van der Waals surface area contributed by atoms with Crippen molar-refractivity contribution in [1.29, 1.82) is 0 Å². The predicted molar refractivity (Wildman–Crippen MR) is 73.6 cm³/mol. The molecule has 106 valence electrons. The SMILES string of the molecule is Cc1cc(-c2noc(C3(C)CCCC3N)n2)ccc1F. The number of hydrogen-bond acceptors (Lipinski definition) is 4. The molecule has 1 aliphatic rings. The van der Waals surface area contributed by atoms with Crippen molar-refractivity contribution in [1.82, 2.24) is 10.1 Å². The summed E-state index contributed by atoms with van der Waals surface area (Å²) in [6.07, 6.45) is 3.01. The molecule has 0 saturated heterocycles. The van der Waals surface area contributed by atoms with Gasteiger partial charge in [-0.3, -0.25) is 0 Å². The van der Waals surface area contributed by atoms with Crippen LogP contribution in [0.4, 0.5) is 4.39 Å². The lowest BCUT2D eigenvalue weighted by Gasteiger charge is -2.23. The molecular weight excluding hydrogens is 257 g/mol. The van der Waals surface area contributed by atoms with Crippen LogP contribution in [0.1, 0.15) is 37.6 Å². The number of nitrogens with two attached hydrogens (primary N) is 1. The van der Waals surface area contributed by atoms with E-state index in [1.165, 1.54) is 6.07 Å². The first-order valence-electron chi connectivity index (χ1n) is 6.87. The summed E-state index contributed by atoms with van der Waals surface area (Å²) in [5.41, 5.74) is 7.24. The molecule has 1 aromatic carbocycles. The zero-order valence-electron chi connectivity index (χ0n) is 11.7. The fraction of sp³-hybridized carbons (Fsp3) is 0.467. The number of hydrogen-bond donors (Lipinski definition) is 1. The molecule has 2 aromatic rings. The smallest absolute Gasteiger partial charge is 0.234 e. The molecule has 2 unspecified atom stereocenters. The Bertz CT molecular complexity index is 640. The highest BCUT2D eigenvalue weighted by molar-refractivity contribution is 5.55. The van der Waals surface area contributed by atoms with E-state index in [4.69, 9.17) is 10.3 Å². The molecule has 0 spiro atoms. The lowest BCUT2D eigenvalue weighted by molar-refractivity contribution is 0.278. The van der Waals surface area contributed by atoms with E-state index >= 15 is 0 Å². The summed E-state index contributed by atoms with van der Waals surface area (Å²) in [5, 5.41) is 4.02. The zero-order valence-corrected chi connectivity index (χ0v) is 11.7. The maximum Gasteiger partial charge on any atom is 0.234 e. The van der Waals surface area contributed by atoms with Gasteiger partial charge in [-0.25, -0.2) is 4.39 Å². The van der Waals surface area contributed by atoms with Crippen LogP contribution in [0.15, 0.2) is 22.7 Å². The van der Waals surface area contributed by atoms with Crippen LogP contribution in [-0.4, -0.2) is 16.2 Å². The number of aromatic nitrogens is 2. The Morgan fingerprint density at radius 2 is 2.25 bits per heavy atom. The van der Waals surface area contributed by atoms with Crippen molar-refractivity contribution in [2.75, 3.05) is 0 Å². The van der Waals surface area contributed by atoms with Crippen molar-refractivity contribution in [3.8, 4) is 11.4 Å². The molecule has 1 aromatic heterocycles. The maximum atomic E-state index is 13.3. The molecule has 2 atom stereocenters.